The molecule has 0 fully saturated rings. The van der Waals surface area contributed by atoms with Crippen LogP contribution in [0.25, 0.3) is 6.08 Å². The Balaban J connectivity index is 2.40. The molecule has 0 radical (unpaired) electrons. The van der Waals surface area contributed by atoms with Crippen molar-refractivity contribution >= 4 is 6.08 Å². The maximum Gasteiger partial charge on any atom is 0.0745 e. The molecule has 1 N–H and O–H groups in total. The second kappa shape index (κ2) is 5.58. The summed E-state index contributed by atoms with van der Waals surface area (Å²) in [5.41, 5.74) is 2.21. The van der Waals surface area contributed by atoms with E-state index in [2.05, 4.69) is 6.58 Å². The fourth-order valence-corrected chi connectivity index (χ4v) is 1.10. The highest BCUT2D eigenvalue weighted by Crippen LogP contribution is 2.06. The zero-order valence-electron chi connectivity index (χ0n) is 8.44. The third-order valence-electron chi connectivity index (χ3n) is 1.84. The molecule has 1 atom stereocenters. The van der Waals surface area contributed by atoms with Gasteiger partial charge in [-0.3, -0.25) is 0 Å². The van der Waals surface area contributed by atoms with Crippen molar-refractivity contribution in [3.05, 3.63) is 42.0 Å². The van der Waals surface area contributed by atoms with Crippen LogP contribution in [-0.4, -0.2) is 17.8 Å². The van der Waals surface area contributed by atoms with E-state index >= 15 is 0 Å². The van der Waals surface area contributed by atoms with Crippen molar-refractivity contribution in [1.29, 1.82) is 0 Å². The first kappa shape index (κ1) is 11.0. The van der Waals surface area contributed by atoms with Crippen molar-refractivity contribution in [2.45, 2.75) is 19.6 Å². The largest absolute Gasteiger partial charge is 0.391 e. The molecule has 2 heteroatoms. The molecule has 0 aliphatic rings. The van der Waals surface area contributed by atoms with E-state index in [1.165, 1.54) is 0 Å². The van der Waals surface area contributed by atoms with Crippen molar-refractivity contribution in [3.63, 3.8) is 0 Å². The number of hydrogen-bond donors (Lipinski definition) is 1. The molecular formula is C12H16O2. The standard InChI is InChI=1S/C12H16O2/c1-3-11-4-6-12(7-5-11)9-14-8-10(2)13/h3-7,10,13H,1,8-9H2,2H3. The minimum atomic E-state index is -0.401. The van der Waals surface area contributed by atoms with E-state index in [0.717, 1.165) is 11.1 Å². The Bertz CT molecular complexity index is 275. The Hall–Kier alpha value is -1.12. The summed E-state index contributed by atoms with van der Waals surface area (Å²) in [5, 5.41) is 8.97. The van der Waals surface area contributed by atoms with Gasteiger partial charge in [-0.2, -0.15) is 0 Å². The maximum absolute atomic E-state index is 8.97. The molecule has 1 aromatic rings. The highest BCUT2D eigenvalue weighted by Gasteiger charge is 1.96. The highest BCUT2D eigenvalue weighted by atomic mass is 16.5. The van der Waals surface area contributed by atoms with Crippen LogP contribution in [0.5, 0.6) is 0 Å². The predicted octanol–water partition coefficient (Wildman–Crippen LogP) is 2.23. The molecule has 0 amide bonds. The van der Waals surface area contributed by atoms with Gasteiger partial charge >= 0.3 is 0 Å². The number of aliphatic hydroxyl groups excluding tert-OH is 1. The van der Waals surface area contributed by atoms with Crippen molar-refractivity contribution in [3.8, 4) is 0 Å². The van der Waals surface area contributed by atoms with Crippen molar-refractivity contribution in [2.24, 2.45) is 0 Å². The first-order valence-electron chi connectivity index (χ1n) is 4.69. The number of benzene rings is 1. The van der Waals surface area contributed by atoms with Gasteiger partial charge in [0.05, 0.1) is 19.3 Å². The molecule has 0 aliphatic heterocycles. The topological polar surface area (TPSA) is 29.5 Å². The number of aliphatic hydroxyl groups is 1. The van der Waals surface area contributed by atoms with Gasteiger partial charge in [-0.1, -0.05) is 36.9 Å². The Morgan fingerprint density at radius 2 is 2.07 bits per heavy atom. The van der Waals surface area contributed by atoms with Crippen LogP contribution in [0.15, 0.2) is 30.8 Å². The Labute approximate surface area is 84.8 Å². The lowest BCUT2D eigenvalue weighted by Gasteiger charge is -2.06. The minimum Gasteiger partial charge on any atom is -0.391 e. The van der Waals surface area contributed by atoms with E-state index in [1.807, 2.05) is 24.3 Å². The first-order chi connectivity index (χ1) is 6.72. The zero-order valence-corrected chi connectivity index (χ0v) is 8.44. The average Bonchev–Trinajstić information content (AvgIpc) is 2.18. The lowest BCUT2D eigenvalue weighted by Crippen LogP contribution is -2.09. The molecular weight excluding hydrogens is 176 g/mol. The summed E-state index contributed by atoms with van der Waals surface area (Å²) in [4.78, 5) is 0. The zero-order chi connectivity index (χ0) is 10.4. The quantitative estimate of drug-likeness (QED) is 0.775. The van der Waals surface area contributed by atoms with Gasteiger partial charge in [0.25, 0.3) is 0 Å². The summed E-state index contributed by atoms with van der Waals surface area (Å²) in [7, 11) is 0. The van der Waals surface area contributed by atoms with E-state index in [0.29, 0.717) is 13.2 Å². The molecule has 0 saturated heterocycles. The van der Waals surface area contributed by atoms with Gasteiger partial charge in [0.15, 0.2) is 0 Å². The lowest BCUT2D eigenvalue weighted by molar-refractivity contribution is 0.0376. The van der Waals surface area contributed by atoms with Crippen LogP contribution >= 0.6 is 0 Å². The Morgan fingerprint density at radius 1 is 1.43 bits per heavy atom. The van der Waals surface area contributed by atoms with Gasteiger partial charge in [0, 0.05) is 0 Å². The van der Waals surface area contributed by atoms with E-state index < -0.39 is 6.10 Å². The first-order valence-corrected chi connectivity index (χ1v) is 4.69. The summed E-state index contributed by atoms with van der Waals surface area (Å²) in [5.74, 6) is 0. The molecule has 0 aromatic heterocycles. The average molecular weight is 192 g/mol. The highest BCUT2D eigenvalue weighted by molar-refractivity contribution is 5.47. The van der Waals surface area contributed by atoms with Gasteiger partial charge in [0.1, 0.15) is 0 Å². The molecule has 0 bridgehead atoms. The van der Waals surface area contributed by atoms with E-state index in [4.69, 9.17) is 9.84 Å². The van der Waals surface area contributed by atoms with Crippen LogP contribution in [0.4, 0.5) is 0 Å². The van der Waals surface area contributed by atoms with Gasteiger partial charge < -0.3 is 9.84 Å². The number of hydrogen-bond acceptors (Lipinski definition) is 2. The Kier molecular flexibility index (Phi) is 4.36. The predicted molar refractivity (Wildman–Crippen MR) is 57.9 cm³/mol. The SMILES string of the molecule is C=Cc1ccc(COCC(C)O)cc1. The fourth-order valence-electron chi connectivity index (χ4n) is 1.10. The number of rotatable bonds is 5. The van der Waals surface area contributed by atoms with Gasteiger partial charge in [0.2, 0.25) is 0 Å². The van der Waals surface area contributed by atoms with Crippen molar-refractivity contribution < 1.29 is 9.84 Å². The molecule has 1 rings (SSSR count). The molecule has 1 aromatic carbocycles. The molecule has 14 heavy (non-hydrogen) atoms. The van der Waals surface area contributed by atoms with Crippen LogP contribution in [0.2, 0.25) is 0 Å². The van der Waals surface area contributed by atoms with Crippen LogP contribution in [0.3, 0.4) is 0 Å². The molecule has 0 spiro atoms. The minimum absolute atomic E-state index is 0.378. The normalized spacial score (nSPS) is 12.4. The van der Waals surface area contributed by atoms with Crippen molar-refractivity contribution in [2.75, 3.05) is 6.61 Å². The smallest absolute Gasteiger partial charge is 0.0745 e. The monoisotopic (exact) mass is 192 g/mol. The summed E-state index contributed by atoms with van der Waals surface area (Å²) in [6.07, 6.45) is 1.41. The molecule has 1 unspecified atom stereocenters. The van der Waals surface area contributed by atoms with Crippen LogP contribution in [0, 0.1) is 0 Å². The van der Waals surface area contributed by atoms with Crippen molar-refractivity contribution in [1.82, 2.24) is 0 Å². The van der Waals surface area contributed by atoms with E-state index in [9.17, 15) is 0 Å². The summed E-state index contributed by atoms with van der Waals surface area (Å²) >= 11 is 0. The van der Waals surface area contributed by atoms with E-state index in [1.54, 1.807) is 13.0 Å². The maximum atomic E-state index is 8.97. The Morgan fingerprint density at radius 3 is 2.57 bits per heavy atom. The van der Waals surface area contributed by atoms with Gasteiger partial charge in [-0.25, -0.2) is 0 Å². The molecule has 2 nitrogen and oxygen atoms in total. The molecule has 76 valence electrons. The third-order valence-corrected chi connectivity index (χ3v) is 1.84. The third kappa shape index (κ3) is 3.73. The summed E-state index contributed by atoms with van der Waals surface area (Å²) < 4.78 is 5.28. The van der Waals surface area contributed by atoms with Crippen LogP contribution < -0.4 is 0 Å². The summed E-state index contributed by atoms with van der Waals surface area (Å²) in [6, 6.07) is 7.99. The molecule has 0 aliphatic carbocycles. The lowest BCUT2D eigenvalue weighted by atomic mass is 10.1. The van der Waals surface area contributed by atoms with Gasteiger partial charge in [-0.05, 0) is 18.1 Å². The van der Waals surface area contributed by atoms with Gasteiger partial charge in [-0.15, -0.1) is 0 Å². The number of ether oxygens (including phenoxy) is 1. The molecule has 0 saturated carbocycles. The second-order valence-corrected chi connectivity index (χ2v) is 3.31. The van der Waals surface area contributed by atoms with Crippen LogP contribution in [-0.2, 0) is 11.3 Å². The molecule has 0 heterocycles. The van der Waals surface area contributed by atoms with E-state index in [-0.39, 0.29) is 0 Å². The fraction of sp³-hybridized carbons (Fsp3) is 0.333. The van der Waals surface area contributed by atoms with Crippen LogP contribution in [0.1, 0.15) is 18.1 Å². The second-order valence-electron chi connectivity index (χ2n) is 3.31. The summed E-state index contributed by atoms with van der Waals surface area (Å²) in [6.45, 7) is 6.31.